The van der Waals surface area contributed by atoms with Crippen molar-refractivity contribution < 1.29 is 19.1 Å². The Kier molecular flexibility index (Phi) is 5.57. The number of barbiturate groups is 1. The second-order valence-corrected chi connectivity index (χ2v) is 6.26. The minimum Gasteiger partial charge on any atom is -0.493 e. The summed E-state index contributed by atoms with van der Waals surface area (Å²) in [4.78, 5) is 38.2. The van der Waals surface area contributed by atoms with Crippen LogP contribution in [0.2, 0.25) is 5.02 Å². The summed E-state index contributed by atoms with van der Waals surface area (Å²) < 4.78 is 5.66. The molecule has 0 unspecified atom stereocenters. The Morgan fingerprint density at radius 2 is 1.89 bits per heavy atom. The monoisotopic (exact) mass is 384 g/mol. The summed E-state index contributed by atoms with van der Waals surface area (Å²) in [6, 6.07) is 12.5. The second kappa shape index (κ2) is 8.05. The molecule has 0 radical (unpaired) electrons. The zero-order valence-corrected chi connectivity index (χ0v) is 15.3. The fraction of sp³-hybridized carbons (Fsp3) is 0.150. The molecule has 1 aliphatic heterocycles. The number of hydrogen-bond acceptors (Lipinski definition) is 4. The van der Waals surface area contributed by atoms with E-state index >= 15 is 0 Å². The number of carbonyl (C=O) groups excluding carboxylic acids is 3. The molecule has 1 aliphatic rings. The third kappa shape index (κ3) is 4.01. The minimum absolute atomic E-state index is 0.165. The van der Waals surface area contributed by atoms with Gasteiger partial charge in [-0.15, -0.1) is 0 Å². The molecule has 7 heteroatoms. The zero-order chi connectivity index (χ0) is 19.4. The van der Waals surface area contributed by atoms with Crippen LogP contribution >= 0.6 is 11.6 Å². The number of benzene rings is 2. The number of imide groups is 2. The fourth-order valence-electron chi connectivity index (χ4n) is 2.61. The molecule has 1 N–H and O–H groups in total. The highest BCUT2D eigenvalue weighted by molar-refractivity contribution is 6.39. The van der Waals surface area contributed by atoms with E-state index in [2.05, 4.69) is 5.32 Å². The highest BCUT2D eigenvalue weighted by Gasteiger charge is 2.37. The summed E-state index contributed by atoms with van der Waals surface area (Å²) in [5.74, 6) is -0.927. The maximum absolute atomic E-state index is 12.9. The Hall–Kier alpha value is -3.12. The van der Waals surface area contributed by atoms with Gasteiger partial charge in [0.15, 0.2) is 0 Å². The smallest absolute Gasteiger partial charge is 0.335 e. The van der Waals surface area contributed by atoms with Crippen LogP contribution in [0.4, 0.5) is 10.5 Å². The molecule has 0 saturated carbocycles. The fourth-order valence-corrected chi connectivity index (χ4v) is 2.79. The predicted octanol–water partition coefficient (Wildman–Crippen LogP) is 3.80. The summed E-state index contributed by atoms with van der Waals surface area (Å²) in [6.07, 6.45) is 2.24. The van der Waals surface area contributed by atoms with Gasteiger partial charge in [0.1, 0.15) is 11.3 Å². The van der Waals surface area contributed by atoms with E-state index < -0.39 is 17.8 Å². The zero-order valence-electron chi connectivity index (χ0n) is 14.6. The Morgan fingerprint density at radius 1 is 1.11 bits per heavy atom. The molecule has 6 nitrogen and oxygen atoms in total. The molecule has 0 aliphatic carbocycles. The van der Waals surface area contributed by atoms with Crippen LogP contribution in [0.1, 0.15) is 18.9 Å². The highest BCUT2D eigenvalue weighted by atomic mass is 35.5. The van der Waals surface area contributed by atoms with Crippen LogP contribution in [-0.2, 0) is 9.59 Å². The Bertz CT molecular complexity index is 939. The standard InChI is InChI=1S/C20H17ClN2O4/c1-2-10-27-17-9-4-3-6-13(17)11-16-18(24)22-20(26)23(19(16)25)15-8-5-7-14(21)12-15/h3-9,11-12H,2,10H2,1H3,(H,22,24,26)/b16-11+. The number of halogens is 1. The summed E-state index contributed by atoms with van der Waals surface area (Å²) >= 11 is 5.96. The molecule has 138 valence electrons. The molecular formula is C20H17ClN2O4. The predicted molar refractivity (Wildman–Crippen MR) is 103 cm³/mol. The quantitative estimate of drug-likeness (QED) is 0.628. The molecular weight excluding hydrogens is 368 g/mol. The minimum atomic E-state index is -0.820. The molecule has 1 saturated heterocycles. The van der Waals surface area contributed by atoms with Gasteiger partial charge >= 0.3 is 6.03 Å². The average Bonchev–Trinajstić information content (AvgIpc) is 2.64. The van der Waals surface area contributed by atoms with Crippen molar-refractivity contribution in [2.75, 3.05) is 11.5 Å². The molecule has 1 fully saturated rings. The van der Waals surface area contributed by atoms with E-state index in [4.69, 9.17) is 16.3 Å². The number of ether oxygens (including phenoxy) is 1. The number of amides is 4. The summed E-state index contributed by atoms with van der Waals surface area (Å²) in [6.45, 7) is 2.49. The molecule has 1 heterocycles. The van der Waals surface area contributed by atoms with Crippen LogP contribution in [0.5, 0.6) is 5.75 Å². The first-order valence-electron chi connectivity index (χ1n) is 8.40. The first kappa shape index (κ1) is 18.7. The maximum Gasteiger partial charge on any atom is 0.335 e. The van der Waals surface area contributed by atoms with Gasteiger partial charge < -0.3 is 4.74 Å². The lowest BCUT2D eigenvalue weighted by molar-refractivity contribution is -0.122. The van der Waals surface area contributed by atoms with Gasteiger partial charge in [0.25, 0.3) is 11.8 Å². The maximum atomic E-state index is 12.9. The van der Waals surface area contributed by atoms with Gasteiger partial charge in [-0.3, -0.25) is 14.9 Å². The summed E-state index contributed by atoms with van der Waals surface area (Å²) in [7, 11) is 0. The van der Waals surface area contributed by atoms with Crippen LogP contribution in [0.3, 0.4) is 0 Å². The lowest BCUT2D eigenvalue weighted by atomic mass is 10.1. The topological polar surface area (TPSA) is 75.7 Å². The van der Waals surface area contributed by atoms with E-state index in [9.17, 15) is 14.4 Å². The Balaban J connectivity index is 2.00. The number of nitrogens with one attached hydrogen (secondary N) is 1. The molecule has 2 aromatic rings. The van der Waals surface area contributed by atoms with Gasteiger partial charge in [-0.05, 0) is 36.8 Å². The van der Waals surface area contributed by atoms with E-state index in [0.717, 1.165) is 11.3 Å². The number of hydrogen-bond donors (Lipinski definition) is 1. The van der Waals surface area contributed by atoms with Crippen LogP contribution in [0.25, 0.3) is 6.08 Å². The van der Waals surface area contributed by atoms with Crippen molar-refractivity contribution >= 4 is 41.2 Å². The van der Waals surface area contributed by atoms with Crippen molar-refractivity contribution in [1.82, 2.24) is 5.32 Å². The third-order valence-corrected chi connectivity index (χ3v) is 4.08. The Labute approximate surface area is 161 Å². The first-order chi connectivity index (χ1) is 13.0. The summed E-state index contributed by atoms with van der Waals surface area (Å²) in [5.41, 5.74) is 0.686. The van der Waals surface area contributed by atoms with Gasteiger partial charge in [-0.1, -0.05) is 42.8 Å². The Morgan fingerprint density at radius 3 is 2.63 bits per heavy atom. The molecule has 0 aromatic heterocycles. The van der Waals surface area contributed by atoms with Crippen LogP contribution in [-0.4, -0.2) is 24.5 Å². The summed E-state index contributed by atoms with van der Waals surface area (Å²) in [5, 5.41) is 2.56. The van der Waals surface area contributed by atoms with Crippen molar-refractivity contribution in [1.29, 1.82) is 0 Å². The van der Waals surface area contributed by atoms with E-state index in [1.165, 1.54) is 12.1 Å². The lowest BCUT2D eigenvalue weighted by Gasteiger charge is -2.26. The van der Waals surface area contributed by atoms with Gasteiger partial charge in [-0.25, -0.2) is 9.69 Å². The molecule has 4 amide bonds. The highest BCUT2D eigenvalue weighted by Crippen LogP contribution is 2.26. The number of rotatable bonds is 5. The van der Waals surface area contributed by atoms with E-state index in [-0.39, 0.29) is 11.3 Å². The lowest BCUT2D eigenvalue weighted by Crippen LogP contribution is -2.54. The van der Waals surface area contributed by atoms with Crippen molar-refractivity contribution in [3.05, 3.63) is 64.7 Å². The molecule has 0 spiro atoms. The molecule has 2 aromatic carbocycles. The number of urea groups is 1. The second-order valence-electron chi connectivity index (χ2n) is 5.82. The van der Waals surface area contributed by atoms with Crippen molar-refractivity contribution in [2.24, 2.45) is 0 Å². The number of nitrogens with zero attached hydrogens (tertiary/aromatic N) is 1. The normalized spacial score (nSPS) is 15.9. The van der Waals surface area contributed by atoms with Crippen molar-refractivity contribution in [3.8, 4) is 5.75 Å². The number of carbonyl (C=O) groups is 3. The largest absolute Gasteiger partial charge is 0.493 e. The number of para-hydroxylation sites is 1. The van der Waals surface area contributed by atoms with Crippen LogP contribution in [0.15, 0.2) is 54.1 Å². The van der Waals surface area contributed by atoms with Crippen molar-refractivity contribution in [2.45, 2.75) is 13.3 Å². The molecule has 3 rings (SSSR count). The first-order valence-corrected chi connectivity index (χ1v) is 8.78. The van der Waals surface area contributed by atoms with Gasteiger partial charge in [0.2, 0.25) is 0 Å². The van der Waals surface area contributed by atoms with E-state index in [1.54, 1.807) is 42.5 Å². The molecule has 0 atom stereocenters. The van der Waals surface area contributed by atoms with Gasteiger partial charge in [0.05, 0.1) is 12.3 Å². The SMILES string of the molecule is CCCOc1ccccc1/C=C1\C(=O)NC(=O)N(c2cccc(Cl)c2)C1=O. The average molecular weight is 385 g/mol. The number of anilines is 1. The van der Waals surface area contributed by atoms with E-state index in [1.807, 2.05) is 6.92 Å². The van der Waals surface area contributed by atoms with Crippen LogP contribution in [0, 0.1) is 0 Å². The van der Waals surface area contributed by atoms with E-state index in [0.29, 0.717) is 22.9 Å². The van der Waals surface area contributed by atoms with Crippen LogP contribution < -0.4 is 15.0 Å². The van der Waals surface area contributed by atoms with Gasteiger partial charge in [-0.2, -0.15) is 0 Å². The van der Waals surface area contributed by atoms with Gasteiger partial charge in [0, 0.05) is 10.6 Å². The third-order valence-electron chi connectivity index (χ3n) is 3.85. The molecule has 27 heavy (non-hydrogen) atoms. The molecule has 0 bridgehead atoms. The van der Waals surface area contributed by atoms with Crippen molar-refractivity contribution in [3.63, 3.8) is 0 Å².